The maximum atomic E-state index is 11.0. The number of carboxylic acid groups (broad SMARTS) is 1. The number of hydrogen-bond acceptors (Lipinski definition) is 3. The molecule has 0 saturated heterocycles. The summed E-state index contributed by atoms with van der Waals surface area (Å²) in [4.78, 5) is 25.4. The first-order chi connectivity index (χ1) is 6.18. The van der Waals surface area contributed by atoms with Gasteiger partial charge in [-0.15, -0.1) is 0 Å². The molecule has 68 valence electrons. The lowest BCUT2D eigenvalue weighted by Crippen LogP contribution is -2.21. The molecule has 5 nitrogen and oxygen atoms in total. The van der Waals surface area contributed by atoms with E-state index in [4.69, 9.17) is 5.11 Å². The van der Waals surface area contributed by atoms with Crippen molar-refractivity contribution in [2.45, 2.75) is 19.4 Å². The van der Waals surface area contributed by atoms with E-state index in [2.05, 4.69) is 4.98 Å². The summed E-state index contributed by atoms with van der Waals surface area (Å²) in [6, 6.07) is 0. The number of aromatic nitrogens is 2. The van der Waals surface area contributed by atoms with E-state index in [1.165, 1.54) is 6.20 Å². The minimum Gasteiger partial charge on any atom is -0.475 e. The van der Waals surface area contributed by atoms with Crippen molar-refractivity contribution in [3.05, 3.63) is 17.7 Å². The van der Waals surface area contributed by atoms with Gasteiger partial charge in [-0.25, -0.2) is 9.78 Å². The van der Waals surface area contributed by atoms with E-state index in [-0.39, 0.29) is 11.6 Å². The van der Waals surface area contributed by atoms with E-state index >= 15 is 0 Å². The quantitative estimate of drug-likeness (QED) is 0.665. The molecule has 1 N–H and O–H groups in total. The zero-order valence-corrected chi connectivity index (χ0v) is 6.86. The van der Waals surface area contributed by atoms with Crippen molar-refractivity contribution in [2.75, 3.05) is 0 Å². The summed E-state index contributed by atoms with van der Waals surface area (Å²) in [5.74, 6) is -0.868. The van der Waals surface area contributed by atoms with E-state index in [1.54, 1.807) is 4.57 Å². The van der Waals surface area contributed by atoms with Gasteiger partial charge in [0.25, 0.3) is 0 Å². The maximum absolute atomic E-state index is 11.0. The fourth-order valence-electron chi connectivity index (χ4n) is 1.50. The van der Waals surface area contributed by atoms with Gasteiger partial charge in [0.2, 0.25) is 5.82 Å². The van der Waals surface area contributed by atoms with Crippen LogP contribution < -0.4 is 0 Å². The van der Waals surface area contributed by atoms with Crippen LogP contribution in [-0.2, 0) is 17.8 Å². The molecule has 0 radical (unpaired) electrons. The molecule has 0 saturated carbocycles. The van der Waals surface area contributed by atoms with Crippen LogP contribution >= 0.6 is 0 Å². The molecule has 2 heterocycles. The summed E-state index contributed by atoms with van der Waals surface area (Å²) >= 11 is 0. The molecule has 0 bridgehead atoms. The van der Waals surface area contributed by atoms with Gasteiger partial charge in [-0.2, -0.15) is 0 Å². The molecular weight excluding hydrogens is 172 g/mol. The molecule has 0 aromatic carbocycles. The second kappa shape index (κ2) is 2.69. The van der Waals surface area contributed by atoms with Crippen molar-refractivity contribution in [2.24, 2.45) is 0 Å². The molecule has 0 spiro atoms. The van der Waals surface area contributed by atoms with Crippen LogP contribution in [-0.4, -0.2) is 26.4 Å². The highest BCUT2D eigenvalue weighted by Gasteiger charge is 2.21. The van der Waals surface area contributed by atoms with Crippen molar-refractivity contribution < 1.29 is 14.7 Å². The van der Waals surface area contributed by atoms with Gasteiger partial charge in [0.1, 0.15) is 5.78 Å². The van der Waals surface area contributed by atoms with Crippen LogP contribution in [0.2, 0.25) is 0 Å². The highest BCUT2D eigenvalue weighted by molar-refractivity contribution is 5.86. The first-order valence-electron chi connectivity index (χ1n) is 3.98. The number of hydrogen-bond donors (Lipinski definition) is 1. The fourth-order valence-corrected chi connectivity index (χ4v) is 1.50. The minimum absolute atomic E-state index is 0.0301. The Morgan fingerprint density at radius 3 is 3.08 bits per heavy atom. The topological polar surface area (TPSA) is 72.2 Å². The number of carbonyl (C=O) groups excluding carboxylic acids is 1. The summed E-state index contributed by atoms with van der Waals surface area (Å²) in [6.45, 7) is 0.440. The molecule has 1 aliphatic rings. The lowest BCUT2D eigenvalue weighted by atomic mass is 10.1. The van der Waals surface area contributed by atoms with E-state index in [1.807, 2.05) is 0 Å². The molecular formula is C8H8N2O3. The van der Waals surface area contributed by atoms with E-state index in [9.17, 15) is 9.59 Å². The summed E-state index contributed by atoms with van der Waals surface area (Å²) < 4.78 is 1.59. The smallest absolute Gasteiger partial charge is 0.372 e. The predicted octanol–water partition coefficient (Wildman–Crippen LogP) is 0.0966. The van der Waals surface area contributed by atoms with Gasteiger partial charge in [-0.3, -0.25) is 4.79 Å². The number of Topliss-reactive ketones (excluding diaryl/α,β-unsaturated/α-hetero) is 1. The third kappa shape index (κ3) is 1.22. The van der Waals surface area contributed by atoms with E-state index < -0.39 is 5.97 Å². The fraction of sp³-hybridized carbons (Fsp3) is 0.375. The number of ketones is 1. The van der Waals surface area contributed by atoms with Crippen LogP contribution in [0.1, 0.15) is 22.7 Å². The molecule has 0 unspecified atom stereocenters. The van der Waals surface area contributed by atoms with Gasteiger partial charge < -0.3 is 9.67 Å². The number of aromatic carboxylic acids is 1. The lowest BCUT2D eigenvalue weighted by Gasteiger charge is -2.13. The van der Waals surface area contributed by atoms with Crippen molar-refractivity contribution in [1.29, 1.82) is 0 Å². The Bertz CT molecular complexity index is 381. The first-order valence-corrected chi connectivity index (χ1v) is 3.98. The van der Waals surface area contributed by atoms with Crippen LogP contribution in [0.25, 0.3) is 0 Å². The second-order valence-electron chi connectivity index (χ2n) is 3.00. The van der Waals surface area contributed by atoms with Crippen LogP contribution in [0.4, 0.5) is 0 Å². The van der Waals surface area contributed by atoms with Crippen LogP contribution in [0.5, 0.6) is 0 Å². The van der Waals surface area contributed by atoms with Gasteiger partial charge in [-0.05, 0) is 0 Å². The van der Waals surface area contributed by atoms with Crippen LogP contribution in [0.3, 0.4) is 0 Å². The minimum atomic E-state index is -1.04. The Balaban J connectivity index is 2.44. The Kier molecular flexibility index (Phi) is 1.65. The number of carbonyl (C=O) groups is 2. The summed E-state index contributed by atoms with van der Waals surface area (Å²) in [5, 5.41) is 8.73. The van der Waals surface area contributed by atoms with Crippen molar-refractivity contribution >= 4 is 11.8 Å². The van der Waals surface area contributed by atoms with E-state index in [0.29, 0.717) is 25.1 Å². The molecule has 2 rings (SSSR count). The average molecular weight is 180 g/mol. The zero-order valence-electron chi connectivity index (χ0n) is 6.86. The largest absolute Gasteiger partial charge is 0.475 e. The normalized spacial score (nSPS) is 15.5. The third-order valence-electron chi connectivity index (χ3n) is 2.12. The van der Waals surface area contributed by atoms with Crippen LogP contribution in [0.15, 0.2) is 6.20 Å². The highest BCUT2D eigenvalue weighted by atomic mass is 16.4. The second-order valence-corrected chi connectivity index (χ2v) is 3.00. The highest BCUT2D eigenvalue weighted by Crippen LogP contribution is 2.14. The van der Waals surface area contributed by atoms with E-state index in [0.717, 1.165) is 0 Å². The summed E-state index contributed by atoms with van der Waals surface area (Å²) in [6.07, 6.45) is 2.17. The van der Waals surface area contributed by atoms with Gasteiger partial charge in [-0.1, -0.05) is 0 Å². The zero-order chi connectivity index (χ0) is 9.42. The standard InChI is InChI=1S/C8H8N2O3/c11-6-1-2-10-5(3-6)4-9-7(10)8(12)13/h4H,1-3H2,(H,12,13). The Morgan fingerprint density at radius 1 is 1.62 bits per heavy atom. The Hall–Kier alpha value is -1.65. The molecule has 0 atom stereocenters. The van der Waals surface area contributed by atoms with Crippen molar-refractivity contribution in [3.63, 3.8) is 0 Å². The average Bonchev–Trinajstić information content (AvgIpc) is 2.46. The molecule has 5 heteroatoms. The summed E-state index contributed by atoms with van der Waals surface area (Å²) in [5.41, 5.74) is 0.702. The molecule has 1 aromatic heterocycles. The predicted molar refractivity (Wildman–Crippen MR) is 42.5 cm³/mol. The molecule has 1 aromatic rings. The molecule has 0 amide bonds. The van der Waals surface area contributed by atoms with Gasteiger partial charge in [0.15, 0.2) is 0 Å². The van der Waals surface area contributed by atoms with Gasteiger partial charge in [0.05, 0.1) is 0 Å². The number of imidazole rings is 1. The Morgan fingerprint density at radius 2 is 2.38 bits per heavy atom. The summed E-state index contributed by atoms with van der Waals surface area (Å²) in [7, 11) is 0. The SMILES string of the molecule is O=C1CCn2c(cnc2C(=O)O)C1. The monoisotopic (exact) mass is 180 g/mol. The van der Waals surface area contributed by atoms with Crippen LogP contribution in [0, 0.1) is 0 Å². The number of fused-ring (bicyclic) bond motifs is 1. The van der Waals surface area contributed by atoms with Crippen molar-refractivity contribution in [1.82, 2.24) is 9.55 Å². The van der Waals surface area contributed by atoms with Crippen molar-refractivity contribution in [3.8, 4) is 0 Å². The van der Waals surface area contributed by atoms with Gasteiger partial charge in [0, 0.05) is 31.3 Å². The molecule has 13 heavy (non-hydrogen) atoms. The lowest BCUT2D eigenvalue weighted by molar-refractivity contribution is -0.119. The molecule has 0 fully saturated rings. The number of carboxylic acids is 1. The first kappa shape index (κ1) is 7.97. The molecule has 0 aliphatic carbocycles. The number of rotatable bonds is 1. The maximum Gasteiger partial charge on any atom is 0.372 e. The number of nitrogens with zero attached hydrogens (tertiary/aromatic N) is 2. The Labute approximate surface area is 74.0 Å². The molecule has 1 aliphatic heterocycles. The third-order valence-corrected chi connectivity index (χ3v) is 2.12. The van der Waals surface area contributed by atoms with Gasteiger partial charge >= 0.3 is 5.97 Å².